The average Bonchev–Trinajstić information content (AvgIpc) is 2.32. The number of benzene rings is 1. The maximum absolute atomic E-state index is 11.0. The van der Waals surface area contributed by atoms with Crippen molar-refractivity contribution in [3.8, 4) is 11.5 Å². The van der Waals surface area contributed by atoms with Gasteiger partial charge in [0.25, 0.3) is 0 Å². The van der Waals surface area contributed by atoms with Gasteiger partial charge in [-0.15, -0.1) is 12.4 Å². The van der Waals surface area contributed by atoms with Crippen LogP contribution in [0.25, 0.3) is 0 Å². The van der Waals surface area contributed by atoms with Crippen molar-refractivity contribution < 1.29 is 19.7 Å². The number of hydrogen-bond acceptors (Lipinski definition) is 4. The van der Waals surface area contributed by atoms with Gasteiger partial charge in [0.2, 0.25) is 0 Å². The van der Waals surface area contributed by atoms with Gasteiger partial charge in [0, 0.05) is 6.54 Å². The zero-order chi connectivity index (χ0) is 13.7. The number of nitrogens with zero attached hydrogens (tertiary/aromatic N) is 1. The monoisotopic (exact) mass is 289 g/mol. The Labute approximate surface area is 119 Å². The normalized spacial score (nSPS) is 11.8. The molecule has 0 aliphatic rings. The Kier molecular flexibility index (Phi) is 7.26. The standard InChI is InChI=1S/C13H19NO4.ClH/c1-4-10(13(16)17)14(2)8-9-5-6-11(15)12(7-9)18-3;/h5-7,10,15H,4,8H2,1-3H3,(H,16,17);1H. The predicted octanol–water partition coefficient (Wildman–Crippen LogP) is 2.12. The summed E-state index contributed by atoms with van der Waals surface area (Å²) in [6.07, 6.45) is 0.543. The summed E-state index contributed by atoms with van der Waals surface area (Å²) in [5.74, 6) is -0.357. The minimum absolute atomic E-state index is 0. The van der Waals surface area contributed by atoms with Crippen LogP contribution < -0.4 is 4.74 Å². The summed E-state index contributed by atoms with van der Waals surface area (Å²) in [5, 5.41) is 18.5. The number of hydrogen-bond donors (Lipinski definition) is 2. The first kappa shape index (κ1) is 17.5. The number of aromatic hydroxyl groups is 1. The van der Waals surface area contributed by atoms with Crippen molar-refractivity contribution in [3.05, 3.63) is 23.8 Å². The Morgan fingerprint density at radius 3 is 2.58 bits per heavy atom. The molecule has 0 amide bonds. The molecule has 1 rings (SSSR count). The SMILES string of the molecule is CCC(C(=O)O)N(C)Cc1ccc(O)c(OC)c1.Cl. The summed E-state index contributed by atoms with van der Waals surface area (Å²) >= 11 is 0. The lowest BCUT2D eigenvalue weighted by atomic mass is 10.1. The van der Waals surface area contributed by atoms with Crippen LogP contribution in [-0.2, 0) is 11.3 Å². The Morgan fingerprint density at radius 1 is 1.47 bits per heavy atom. The second-order valence-electron chi connectivity index (χ2n) is 4.18. The van der Waals surface area contributed by atoms with Crippen molar-refractivity contribution in [3.63, 3.8) is 0 Å². The lowest BCUT2D eigenvalue weighted by Gasteiger charge is -2.23. The van der Waals surface area contributed by atoms with E-state index in [0.29, 0.717) is 18.7 Å². The number of halogens is 1. The van der Waals surface area contributed by atoms with Crippen LogP contribution in [0.2, 0.25) is 0 Å². The zero-order valence-electron chi connectivity index (χ0n) is 11.3. The molecule has 0 aliphatic heterocycles. The van der Waals surface area contributed by atoms with E-state index in [9.17, 15) is 9.90 Å². The highest BCUT2D eigenvalue weighted by atomic mass is 35.5. The van der Waals surface area contributed by atoms with Crippen LogP contribution in [0.1, 0.15) is 18.9 Å². The Hall–Kier alpha value is -1.46. The minimum Gasteiger partial charge on any atom is -0.504 e. The van der Waals surface area contributed by atoms with Crippen molar-refractivity contribution in [1.29, 1.82) is 0 Å². The van der Waals surface area contributed by atoms with Gasteiger partial charge in [-0.3, -0.25) is 9.69 Å². The Morgan fingerprint density at radius 2 is 2.11 bits per heavy atom. The van der Waals surface area contributed by atoms with Gasteiger partial charge >= 0.3 is 5.97 Å². The van der Waals surface area contributed by atoms with Crippen molar-refractivity contribution in [2.45, 2.75) is 25.9 Å². The fourth-order valence-electron chi connectivity index (χ4n) is 1.89. The highest BCUT2D eigenvalue weighted by Gasteiger charge is 2.20. The molecule has 19 heavy (non-hydrogen) atoms. The molecule has 0 fully saturated rings. The van der Waals surface area contributed by atoms with Crippen LogP contribution in [0.5, 0.6) is 11.5 Å². The molecule has 6 heteroatoms. The molecule has 0 aliphatic carbocycles. The van der Waals surface area contributed by atoms with E-state index in [4.69, 9.17) is 9.84 Å². The van der Waals surface area contributed by atoms with Crippen molar-refractivity contribution in [2.75, 3.05) is 14.2 Å². The van der Waals surface area contributed by atoms with Crippen LogP contribution in [0.15, 0.2) is 18.2 Å². The topological polar surface area (TPSA) is 70.0 Å². The first-order valence-corrected chi connectivity index (χ1v) is 5.78. The number of likely N-dealkylation sites (N-methyl/N-ethyl adjacent to an activating group) is 1. The van der Waals surface area contributed by atoms with Crippen LogP contribution >= 0.6 is 12.4 Å². The summed E-state index contributed by atoms with van der Waals surface area (Å²) in [4.78, 5) is 12.8. The molecule has 1 unspecified atom stereocenters. The van der Waals surface area contributed by atoms with Gasteiger partial charge in [-0.2, -0.15) is 0 Å². The Bertz CT molecular complexity index is 425. The lowest BCUT2D eigenvalue weighted by Crippen LogP contribution is -2.37. The Balaban J connectivity index is 0.00000324. The van der Waals surface area contributed by atoms with Gasteiger partial charge < -0.3 is 14.9 Å². The third-order valence-corrected chi connectivity index (χ3v) is 2.88. The maximum Gasteiger partial charge on any atom is 0.320 e. The number of methoxy groups -OCH3 is 1. The molecule has 1 aromatic rings. The molecule has 108 valence electrons. The van der Waals surface area contributed by atoms with Gasteiger partial charge in [-0.05, 0) is 31.2 Å². The molecule has 0 heterocycles. The molecule has 0 saturated heterocycles. The average molecular weight is 290 g/mol. The lowest BCUT2D eigenvalue weighted by molar-refractivity contribution is -0.143. The number of aliphatic carboxylic acids is 1. The van der Waals surface area contributed by atoms with Gasteiger partial charge in [0.05, 0.1) is 7.11 Å². The van der Waals surface area contributed by atoms with E-state index in [1.807, 2.05) is 6.92 Å². The summed E-state index contributed by atoms with van der Waals surface area (Å²) in [5.41, 5.74) is 0.895. The van der Waals surface area contributed by atoms with Crippen molar-refractivity contribution >= 4 is 18.4 Å². The molecule has 0 saturated carbocycles. The highest BCUT2D eigenvalue weighted by Crippen LogP contribution is 2.26. The van der Waals surface area contributed by atoms with E-state index < -0.39 is 12.0 Å². The van der Waals surface area contributed by atoms with Crippen LogP contribution in [0.3, 0.4) is 0 Å². The van der Waals surface area contributed by atoms with E-state index in [1.54, 1.807) is 30.1 Å². The molecule has 1 atom stereocenters. The van der Waals surface area contributed by atoms with E-state index in [1.165, 1.54) is 7.11 Å². The first-order valence-electron chi connectivity index (χ1n) is 5.78. The predicted molar refractivity (Wildman–Crippen MR) is 75.1 cm³/mol. The van der Waals surface area contributed by atoms with Gasteiger partial charge in [0.1, 0.15) is 6.04 Å². The number of rotatable bonds is 6. The van der Waals surface area contributed by atoms with E-state index in [2.05, 4.69) is 0 Å². The summed E-state index contributed by atoms with van der Waals surface area (Å²) in [6.45, 7) is 2.33. The van der Waals surface area contributed by atoms with Gasteiger partial charge in [0.15, 0.2) is 11.5 Å². The second kappa shape index (κ2) is 7.86. The molecule has 0 spiro atoms. The quantitative estimate of drug-likeness (QED) is 0.839. The molecular formula is C13H20ClNO4. The van der Waals surface area contributed by atoms with Crippen molar-refractivity contribution in [1.82, 2.24) is 4.90 Å². The van der Waals surface area contributed by atoms with E-state index >= 15 is 0 Å². The van der Waals surface area contributed by atoms with Gasteiger partial charge in [-0.1, -0.05) is 13.0 Å². The highest BCUT2D eigenvalue weighted by molar-refractivity contribution is 5.85. The first-order chi connectivity index (χ1) is 8.49. The molecule has 5 nitrogen and oxygen atoms in total. The molecular weight excluding hydrogens is 270 g/mol. The third kappa shape index (κ3) is 4.61. The van der Waals surface area contributed by atoms with Crippen molar-refractivity contribution in [2.24, 2.45) is 0 Å². The fraction of sp³-hybridized carbons (Fsp3) is 0.462. The smallest absolute Gasteiger partial charge is 0.320 e. The third-order valence-electron chi connectivity index (χ3n) is 2.88. The largest absolute Gasteiger partial charge is 0.504 e. The van der Waals surface area contributed by atoms with Crippen LogP contribution in [-0.4, -0.2) is 41.3 Å². The van der Waals surface area contributed by atoms with E-state index in [-0.39, 0.29) is 18.2 Å². The maximum atomic E-state index is 11.0. The van der Waals surface area contributed by atoms with Crippen LogP contribution in [0.4, 0.5) is 0 Å². The molecule has 2 N–H and O–H groups in total. The molecule has 0 radical (unpaired) electrons. The number of carboxylic acid groups (broad SMARTS) is 1. The number of phenols is 1. The number of phenolic OH excluding ortho intramolecular Hbond substituents is 1. The number of ether oxygens (including phenoxy) is 1. The fourth-order valence-corrected chi connectivity index (χ4v) is 1.89. The van der Waals surface area contributed by atoms with E-state index in [0.717, 1.165) is 5.56 Å². The number of carbonyl (C=O) groups is 1. The molecule has 0 bridgehead atoms. The summed E-state index contributed by atoms with van der Waals surface area (Å²) in [7, 11) is 3.25. The molecule has 0 aromatic heterocycles. The minimum atomic E-state index is -0.828. The zero-order valence-corrected chi connectivity index (χ0v) is 12.1. The van der Waals surface area contributed by atoms with Crippen LogP contribution in [0, 0.1) is 0 Å². The number of carboxylic acids is 1. The summed E-state index contributed by atoms with van der Waals surface area (Å²) < 4.78 is 5.02. The summed E-state index contributed by atoms with van der Waals surface area (Å²) in [6, 6.07) is 4.50. The second-order valence-corrected chi connectivity index (χ2v) is 4.18. The van der Waals surface area contributed by atoms with Gasteiger partial charge in [-0.25, -0.2) is 0 Å². The molecule has 1 aromatic carbocycles.